The van der Waals surface area contributed by atoms with Gasteiger partial charge in [-0.25, -0.2) is 4.79 Å². The lowest BCUT2D eigenvalue weighted by molar-refractivity contribution is 0.0696. The minimum atomic E-state index is -0.940. The van der Waals surface area contributed by atoms with Crippen LogP contribution < -0.4 is 9.64 Å². The Morgan fingerprint density at radius 2 is 1.79 bits per heavy atom. The first kappa shape index (κ1) is 27.8. The summed E-state index contributed by atoms with van der Waals surface area (Å²) in [7, 11) is 1.97. The van der Waals surface area contributed by atoms with E-state index in [4.69, 9.17) is 44.1 Å². The number of ether oxygens (including phenoxy) is 1. The van der Waals surface area contributed by atoms with Crippen molar-refractivity contribution in [2.24, 2.45) is 0 Å². The van der Waals surface area contributed by atoms with Gasteiger partial charge in [-0.15, -0.1) is 0 Å². The van der Waals surface area contributed by atoms with Gasteiger partial charge in [0.25, 0.3) is 0 Å². The number of carbonyl (C=O) groups is 1. The number of hydrogen-bond donors (Lipinski definition) is 1. The maximum atomic E-state index is 11.3. The molecule has 0 atom stereocenters. The lowest BCUT2D eigenvalue weighted by atomic mass is 10.0. The van der Waals surface area contributed by atoms with Crippen molar-refractivity contribution in [1.29, 1.82) is 0 Å². The Kier molecular flexibility index (Phi) is 8.56. The second kappa shape index (κ2) is 11.7. The first-order valence-electron chi connectivity index (χ1n) is 11.9. The first-order valence-corrected chi connectivity index (χ1v) is 13.1. The molecule has 0 bridgehead atoms. The Hall–Kier alpha value is -3.19. The number of aromatic nitrogens is 1. The molecule has 0 aliphatic rings. The van der Waals surface area contributed by atoms with Crippen molar-refractivity contribution in [2.75, 3.05) is 11.9 Å². The van der Waals surface area contributed by atoms with E-state index in [1.54, 1.807) is 30.3 Å². The van der Waals surface area contributed by atoms with Crippen LogP contribution in [0.3, 0.4) is 0 Å². The van der Waals surface area contributed by atoms with E-state index in [1.807, 2.05) is 52.1 Å². The van der Waals surface area contributed by atoms with Crippen LogP contribution in [0.25, 0.3) is 11.3 Å². The van der Waals surface area contributed by atoms with Gasteiger partial charge in [0.2, 0.25) is 0 Å². The van der Waals surface area contributed by atoms with Crippen LogP contribution in [0.15, 0.2) is 59.1 Å². The van der Waals surface area contributed by atoms with Crippen molar-refractivity contribution >= 4 is 46.5 Å². The van der Waals surface area contributed by atoms with E-state index in [-0.39, 0.29) is 18.1 Å². The van der Waals surface area contributed by atoms with Crippen molar-refractivity contribution in [3.05, 3.63) is 97.7 Å². The third kappa shape index (κ3) is 6.09. The molecule has 0 aliphatic heterocycles. The molecule has 38 heavy (non-hydrogen) atoms. The van der Waals surface area contributed by atoms with Gasteiger partial charge in [0.15, 0.2) is 0 Å². The van der Waals surface area contributed by atoms with Crippen molar-refractivity contribution in [3.8, 4) is 17.0 Å². The van der Waals surface area contributed by atoms with Crippen LogP contribution >= 0.6 is 34.8 Å². The number of anilines is 1. The summed E-state index contributed by atoms with van der Waals surface area (Å²) in [5.74, 6) is 0.503. The molecule has 1 N–H and O–H groups in total. The van der Waals surface area contributed by atoms with Crippen LogP contribution in [0.5, 0.6) is 5.75 Å². The van der Waals surface area contributed by atoms with E-state index in [9.17, 15) is 9.90 Å². The number of halogens is 3. The van der Waals surface area contributed by atoms with Crippen LogP contribution in [0.2, 0.25) is 15.1 Å². The zero-order valence-electron chi connectivity index (χ0n) is 21.4. The molecule has 0 unspecified atom stereocenters. The molecule has 3 aromatic carbocycles. The van der Waals surface area contributed by atoms with Crippen LogP contribution in [0.4, 0.5) is 5.69 Å². The summed E-state index contributed by atoms with van der Waals surface area (Å²) < 4.78 is 11.9. The Morgan fingerprint density at radius 3 is 2.42 bits per heavy atom. The Bertz CT molecular complexity index is 1460. The highest BCUT2D eigenvalue weighted by molar-refractivity contribution is 6.41. The number of aryl methyl sites for hydroxylation is 1. The van der Waals surface area contributed by atoms with E-state index in [1.165, 1.54) is 0 Å². The summed E-state index contributed by atoms with van der Waals surface area (Å²) >= 11 is 19.0. The molecule has 0 radical (unpaired) electrons. The van der Waals surface area contributed by atoms with Gasteiger partial charge >= 0.3 is 5.97 Å². The monoisotopic (exact) mass is 572 g/mol. The van der Waals surface area contributed by atoms with E-state index < -0.39 is 5.97 Å². The SMILES string of the molecule is Cc1cc(OCc2c(-c3c(Cl)cc(Cl)cc3Cl)noc2C(C)C)ccc1N(C)Cc1cccc(C(=O)O)c1. The van der Waals surface area contributed by atoms with Gasteiger partial charge in [0.05, 0.1) is 21.2 Å². The molecule has 0 saturated heterocycles. The smallest absolute Gasteiger partial charge is 0.335 e. The summed E-state index contributed by atoms with van der Waals surface area (Å²) in [6.45, 7) is 6.80. The fourth-order valence-electron chi connectivity index (χ4n) is 4.34. The highest BCUT2D eigenvalue weighted by atomic mass is 35.5. The standard InChI is InChI=1S/C29H27Cl3N2O4/c1-16(2)28-22(27(33-38-28)26-23(31)12-20(30)13-24(26)32)15-37-21-8-9-25(17(3)10-21)34(4)14-18-6-5-7-19(11-18)29(35)36/h5-13,16H,14-15H2,1-4H3,(H,35,36). The van der Waals surface area contributed by atoms with Crippen molar-refractivity contribution in [2.45, 2.75) is 39.8 Å². The van der Waals surface area contributed by atoms with E-state index >= 15 is 0 Å². The Morgan fingerprint density at radius 1 is 1.08 bits per heavy atom. The number of nitrogens with zero attached hydrogens (tertiary/aromatic N) is 2. The van der Waals surface area contributed by atoms with Crippen LogP contribution in [0, 0.1) is 6.92 Å². The fraction of sp³-hybridized carbons (Fsp3) is 0.241. The van der Waals surface area contributed by atoms with Gasteiger partial charge in [-0.05, 0) is 60.5 Å². The molecule has 0 saturated carbocycles. The van der Waals surface area contributed by atoms with Crippen molar-refractivity contribution in [3.63, 3.8) is 0 Å². The molecule has 4 aromatic rings. The summed E-state index contributed by atoms with van der Waals surface area (Å²) in [5.41, 5.74) is 5.04. The topological polar surface area (TPSA) is 75.8 Å². The van der Waals surface area contributed by atoms with Gasteiger partial charge in [0, 0.05) is 35.8 Å². The van der Waals surface area contributed by atoms with E-state index in [0.29, 0.717) is 44.4 Å². The normalized spacial score (nSPS) is 11.2. The highest BCUT2D eigenvalue weighted by Gasteiger charge is 2.24. The maximum Gasteiger partial charge on any atom is 0.335 e. The van der Waals surface area contributed by atoms with E-state index in [2.05, 4.69) is 10.1 Å². The second-order valence-electron chi connectivity index (χ2n) is 9.37. The van der Waals surface area contributed by atoms with Gasteiger partial charge in [-0.2, -0.15) is 0 Å². The van der Waals surface area contributed by atoms with Gasteiger partial charge in [-0.3, -0.25) is 0 Å². The highest BCUT2D eigenvalue weighted by Crippen LogP contribution is 2.40. The summed E-state index contributed by atoms with van der Waals surface area (Å²) in [6, 6.07) is 16.0. The average Bonchev–Trinajstić information content (AvgIpc) is 3.26. The molecule has 0 aliphatic carbocycles. The lowest BCUT2D eigenvalue weighted by Crippen LogP contribution is -2.17. The van der Waals surface area contributed by atoms with Crippen LogP contribution in [0.1, 0.15) is 52.6 Å². The molecule has 6 nitrogen and oxygen atoms in total. The molecular formula is C29H27Cl3N2O4. The summed E-state index contributed by atoms with van der Waals surface area (Å²) in [5, 5.41) is 14.7. The number of rotatable bonds is 9. The molecule has 9 heteroatoms. The fourth-order valence-corrected chi connectivity index (χ4v) is 5.34. The molecule has 198 valence electrons. The van der Waals surface area contributed by atoms with Crippen LogP contribution in [-0.2, 0) is 13.2 Å². The lowest BCUT2D eigenvalue weighted by Gasteiger charge is -2.22. The maximum absolute atomic E-state index is 11.3. The van der Waals surface area contributed by atoms with Gasteiger partial charge < -0.3 is 19.3 Å². The molecule has 1 heterocycles. The second-order valence-corrected chi connectivity index (χ2v) is 10.6. The predicted molar refractivity (Wildman–Crippen MR) is 152 cm³/mol. The number of aromatic carboxylic acids is 1. The average molecular weight is 574 g/mol. The predicted octanol–water partition coefficient (Wildman–Crippen LogP) is 8.65. The Labute approximate surface area is 236 Å². The third-order valence-electron chi connectivity index (χ3n) is 6.14. The molecule has 0 fully saturated rings. The van der Waals surface area contributed by atoms with Gasteiger partial charge in [-0.1, -0.05) is 65.9 Å². The third-order valence-corrected chi connectivity index (χ3v) is 6.96. The largest absolute Gasteiger partial charge is 0.489 e. The number of benzene rings is 3. The molecular weight excluding hydrogens is 547 g/mol. The van der Waals surface area contributed by atoms with E-state index in [0.717, 1.165) is 22.4 Å². The minimum Gasteiger partial charge on any atom is -0.489 e. The summed E-state index contributed by atoms with van der Waals surface area (Å²) in [4.78, 5) is 13.4. The first-order chi connectivity index (χ1) is 18.0. The Balaban J connectivity index is 1.55. The minimum absolute atomic E-state index is 0.0668. The van der Waals surface area contributed by atoms with Crippen molar-refractivity contribution in [1.82, 2.24) is 5.16 Å². The molecule has 0 amide bonds. The number of carboxylic acid groups (broad SMARTS) is 1. The zero-order chi connectivity index (χ0) is 27.6. The number of carboxylic acids is 1. The molecule has 1 aromatic heterocycles. The molecule has 0 spiro atoms. The van der Waals surface area contributed by atoms with Crippen LogP contribution in [-0.4, -0.2) is 23.3 Å². The van der Waals surface area contributed by atoms with Crippen molar-refractivity contribution < 1.29 is 19.2 Å². The molecule has 4 rings (SSSR count). The zero-order valence-corrected chi connectivity index (χ0v) is 23.7. The van der Waals surface area contributed by atoms with Gasteiger partial charge in [0.1, 0.15) is 23.8 Å². The quantitative estimate of drug-likeness (QED) is 0.216. The number of hydrogen-bond acceptors (Lipinski definition) is 5. The summed E-state index contributed by atoms with van der Waals surface area (Å²) in [6.07, 6.45) is 0.